The average molecular weight is 295 g/mol. The van der Waals surface area contributed by atoms with Gasteiger partial charge < -0.3 is 19.9 Å². The van der Waals surface area contributed by atoms with Crippen LogP contribution in [0, 0.1) is 0 Å². The van der Waals surface area contributed by atoms with Crippen molar-refractivity contribution in [3.05, 3.63) is 24.3 Å². The monoisotopic (exact) mass is 295 g/mol. The fourth-order valence-corrected chi connectivity index (χ4v) is 1.63. The van der Waals surface area contributed by atoms with Gasteiger partial charge in [0.05, 0.1) is 13.0 Å². The minimum atomic E-state index is -0.952. The molecule has 0 fully saturated rings. The number of ether oxygens (including phenoxy) is 2. The second-order valence-electron chi connectivity index (χ2n) is 4.67. The molecule has 1 atom stereocenters. The van der Waals surface area contributed by atoms with Crippen molar-refractivity contribution in [2.45, 2.75) is 32.7 Å². The molecule has 0 saturated heterocycles. The zero-order chi connectivity index (χ0) is 15.7. The van der Waals surface area contributed by atoms with Crippen molar-refractivity contribution in [2.75, 3.05) is 13.2 Å². The highest BCUT2D eigenvalue weighted by Gasteiger charge is 2.11. The number of benzene rings is 1. The molecule has 0 radical (unpaired) electrons. The van der Waals surface area contributed by atoms with Gasteiger partial charge >= 0.3 is 5.97 Å². The van der Waals surface area contributed by atoms with Crippen molar-refractivity contribution in [1.82, 2.24) is 5.32 Å². The minimum absolute atomic E-state index is 0.116. The molecule has 1 aromatic carbocycles. The molecule has 21 heavy (non-hydrogen) atoms. The van der Waals surface area contributed by atoms with E-state index >= 15 is 0 Å². The van der Waals surface area contributed by atoms with E-state index < -0.39 is 12.0 Å². The van der Waals surface area contributed by atoms with Gasteiger partial charge in [0.2, 0.25) is 0 Å². The fourth-order valence-electron chi connectivity index (χ4n) is 1.63. The molecular weight excluding hydrogens is 274 g/mol. The second kappa shape index (κ2) is 8.84. The maximum absolute atomic E-state index is 11.6. The summed E-state index contributed by atoms with van der Waals surface area (Å²) in [7, 11) is 0. The van der Waals surface area contributed by atoms with Gasteiger partial charge in [-0.1, -0.05) is 6.92 Å². The first-order chi connectivity index (χ1) is 10.0. The Kier molecular flexibility index (Phi) is 7.08. The highest BCUT2D eigenvalue weighted by atomic mass is 16.5. The highest BCUT2D eigenvalue weighted by molar-refractivity contribution is 5.78. The number of hydrogen-bond acceptors (Lipinski definition) is 4. The zero-order valence-electron chi connectivity index (χ0n) is 12.3. The van der Waals surface area contributed by atoms with Gasteiger partial charge in [-0.25, -0.2) is 0 Å². The van der Waals surface area contributed by atoms with Crippen LogP contribution < -0.4 is 14.8 Å². The lowest BCUT2D eigenvalue weighted by Gasteiger charge is -2.12. The van der Waals surface area contributed by atoms with Crippen LogP contribution in [0.3, 0.4) is 0 Å². The number of rotatable bonds is 9. The fraction of sp³-hybridized carbons (Fsp3) is 0.467. The Morgan fingerprint density at radius 3 is 2.29 bits per heavy atom. The van der Waals surface area contributed by atoms with Crippen molar-refractivity contribution in [3.63, 3.8) is 0 Å². The molecule has 6 nitrogen and oxygen atoms in total. The highest BCUT2D eigenvalue weighted by Crippen LogP contribution is 2.17. The SMILES string of the molecule is CCCOc1ccc(OCC(=O)NC(C)CC(=O)O)cc1. The van der Waals surface area contributed by atoms with E-state index in [-0.39, 0.29) is 18.9 Å². The number of carbonyl (C=O) groups excluding carboxylic acids is 1. The summed E-state index contributed by atoms with van der Waals surface area (Å²) in [6.07, 6.45) is 0.822. The van der Waals surface area contributed by atoms with Crippen LogP contribution in [0.15, 0.2) is 24.3 Å². The average Bonchev–Trinajstić information content (AvgIpc) is 2.43. The van der Waals surface area contributed by atoms with Gasteiger partial charge in [0.1, 0.15) is 11.5 Å². The van der Waals surface area contributed by atoms with Crippen LogP contribution >= 0.6 is 0 Å². The lowest BCUT2D eigenvalue weighted by atomic mass is 10.2. The Labute approximate surface area is 124 Å². The quantitative estimate of drug-likeness (QED) is 0.726. The minimum Gasteiger partial charge on any atom is -0.494 e. The topological polar surface area (TPSA) is 84.9 Å². The van der Waals surface area contributed by atoms with Crippen LogP contribution in [-0.4, -0.2) is 36.2 Å². The normalized spacial score (nSPS) is 11.5. The maximum Gasteiger partial charge on any atom is 0.305 e. The number of hydrogen-bond donors (Lipinski definition) is 2. The molecular formula is C15H21NO5. The van der Waals surface area contributed by atoms with E-state index in [2.05, 4.69) is 5.32 Å². The van der Waals surface area contributed by atoms with Crippen LogP contribution in [0.2, 0.25) is 0 Å². The molecule has 0 saturated carbocycles. The molecule has 0 aliphatic carbocycles. The van der Waals surface area contributed by atoms with E-state index in [1.807, 2.05) is 6.92 Å². The first-order valence-corrected chi connectivity index (χ1v) is 6.88. The Morgan fingerprint density at radius 1 is 1.19 bits per heavy atom. The van der Waals surface area contributed by atoms with Crippen molar-refractivity contribution in [2.24, 2.45) is 0 Å². The molecule has 0 heterocycles. The maximum atomic E-state index is 11.6. The Bertz CT molecular complexity index is 458. The standard InChI is InChI=1S/C15H21NO5/c1-3-8-20-12-4-6-13(7-5-12)21-10-14(17)16-11(2)9-15(18)19/h4-7,11H,3,8-10H2,1-2H3,(H,16,17)(H,18,19). The summed E-state index contributed by atoms with van der Waals surface area (Å²) < 4.78 is 10.8. The number of carbonyl (C=O) groups is 2. The van der Waals surface area contributed by atoms with E-state index in [9.17, 15) is 9.59 Å². The number of carboxylic acids is 1. The summed E-state index contributed by atoms with van der Waals surface area (Å²) in [6.45, 7) is 4.16. The van der Waals surface area contributed by atoms with E-state index in [0.717, 1.165) is 12.2 Å². The number of amides is 1. The zero-order valence-corrected chi connectivity index (χ0v) is 12.3. The van der Waals surface area contributed by atoms with Crippen LogP contribution in [0.25, 0.3) is 0 Å². The van der Waals surface area contributed by atoms with Gasteiger partial charge in [0, 0.05) is 6.04 Å². The summed E-state index contributed by atoms with van der Waals surface area (Å²) in [5.74, 6) is 0.00469. The van der Waals surface area contributed by atoms with Gasteiger partial charge in [0.15, 0.2) is 6.61 Å². The van der Waals surface area contributed by atoms with Crippen molar-refractivity contribution >= 4 is 11.9 Å². The van der Waals surface area contributed by atoms with Gasteiger partial charge in [-0.3, -0.25) is 9.59 Å². The number of nitrogens with one attached hydrogen (secondary N) is 1. The second-order valence-corrected chi connectivity index (χ2v) is 4.67. The summed E-state index contributed by atoms with van der Waals surface area (Å²) in [4.78, 5) is 22.0. The van der Waals surface area contributed by atoms with Crippen LogP contribution in [-0.2, 0) is 9.59 Å². The van der Waals surface area contributed by atoms with E-state index in [4.69, 9.17) is 14.6 Å². The van der Waals surface area contributed by atoms with E-state index in [1.165, 1.54) is 0 Å². The Balaban J connectivity index is 2.34. The van der Waals surface area contributed by atoms with Crippen LogP contribution in [0.5, 0.6) is 11.5 Å². The third kappa shape index (κ3) is 7.20. The predicted molar refractivity (Wildman–Crippen MR) is 77.6 cm³/mol. The molecule has 0 aliphatic rings. The van der Waals surface area contributed by atoms with Crippen molar-refractivity contribution in [1.29, 1.82) is 0 Å². The van der Waals surface area contributed by atoms with Crippen LogP contribution in [0.1, 0.15) is 26.7 Å². The molecule has 1 aromatic rings. The molecule has 6 heteroatoms. The third-order valence-corrected chi connectivity index (χ3v) is 2.55. The molecule has 0 bridgehead atoms. The molecule has 0 spiro atoms. The molecule has 1 amide bonds. The molecule has 2 N–H and O–H groups in total. The van der Waals surface area contributed by atoms with Crippen molar-refractivity contribution in [3.8, 4) is 11.5 Å². The largest absolute Gasteiger partial charge is 0.494 e. The van der Waals surface area contributed by atoms with Gasteiger partial charge in [-0.2, -0.15) is 0 Å². The summed E-state index contributed by atoms with van der Waals surface area (Å²) in [5.41, 5.74) is 0. The van der Waals surface area contributed by atoms with Crippen molar-refractivity contribution < 1.29 is 24.2 Å². The number of carboxylic acid groups (broad SMARTS) is 1. The van der Waals surface area contributed by atoms with Gasteiger partial charge in [-0.05, 0) is 37.6 Å². The van der Waals surface area contributed by atoms with E-state index in [1.54, 1.807) is 31.2 Å². The smallest absolute Gasteiger partial charge is 0.305 e. The molecule has 1 rings (SSSR count). The van der Waals surface area contributed by atoms with Gasteiger partial charge in [0.25, 0.3) is 5.91 Å². The third-order valence-electron chi connectivity index (χ3n) is 2.55. The van der Waals surface area contributed by atoms with Crippen LogP contribution in [0.4, 0.5) is 0 Å². The summed E-state index contributed by atoms with van der Waals surface area (Å²) in [5, 5.41) is 11.1. The lowest BCUT2D eigenvalue weighted by molar-refractivity contribution is -0.137. The Morgan fingerprint density at radius 2 is 1.76 bits per heavy atom. The van der Waals surface area contributed by atoms with E-state index in [0.29, 0.717) is 12.4 Å². The predicted octanol–water partition coefficient (Wildman–Crippen LogP) is 1.83. The first-order valence-electron chi connectivity index (χ1n) is 6.88. The molecule has 1 unspecified atom stereocenters. The Hall–Kier alpha value is -2.24. The lowest BCUT2D eigenvalue weighted by Crippen LogP contribution is -2.37. The molecule has 0 aliphatic heterocycles. The molecule has 116 valence electrons. The van der Waals surface area contributed by atoms with Gasteiger partial charge in [-0.15, -0.1) is 0 Å². The summed E-state index contributed by atoms with van der Waals surface area (Å²) in [6, 6.07) is 6.56. The molecule has 0 aromatic heterocycles. The first kappa shape index (κ1) is 16.8. The number of aliphatic carboxylic acids is 1. The summed E-state index contributed by atoms with van der Waals surface area (Å²) >= 11 is 0.